The maximum Gasteiger partial charge on any atom is 0.222 e. The summed E-state index contributed by atoms with van der Waals surface area (Å²) in [7, 11) is 3.89. The highest BCUT2D eigenvalue weighted by atomic mass is 16.5. The smallest absolute Gasteiger partial charge is 0.222 e. The molecule has 2 aliphatic heterocycles. The molecule has 1 amide bonds. The van der Waals surface area contributed by atoms with E-state index in [1.807, 2.05) is 12.1 Å². The lowest BCUT2D eigenvalue weighted by Gasteiger charge is -2.33. The van der Waals surface area contributed by atoms with Crippen LogP contribution >= 0.6 is 0 Å². The van der Waals surface area contributed by atoms with Crippen molar-refractivity contribution in [3.8, 4) is 5.75 Å². The topological polar surface area (TPSA) is 32.8 Å². The zero-order valence-corrected chi connectivity index (χ0v) is 15.0. The average Bonchev–Trinajstić information content (AvgIpc) is 3.23. The summed E-state index contributed by atoms with van der Waals surface area (Å²) in [5, 5.41) is 0. The summed E-state index contributed by atoms with van der Waals surface area (Å²) >= 11 is 0. The molecule has 0 aliphatic carbocycles. The molecule has 4 nitrogen and oxygen atoms in total. The molecule has 2 atom stereocenters. The van der Waals surface area contributed by atoms with Crippen LogP contribution < -0.4 is 4.74 Å². The number of ether oxygens (including phenoxy) is 1. The van der Waals surface area contributed by atoms with E-state index in [2.05, 4.69) is 29.0 Å². The summed E-state index contributed by atoms with van der Waals surface area (Å²) in [6.07, 6.45) is 7.41. The molecule has 2 fully saturated rings. The second-order valence-corrected chi connectivity index (χ2v) is 7.19. The second-order valence-electron chi connectivity index (χ2n) is 7.19. The summed E-state index contributed by atoms with van der Waals surface area (Å²) in [5.41, 5.74) is 1.28. The van der Waals surface area contributed by atoms with Crippen LogP contribution in [0.2, 0.25) is 0 Å². The Kier molecular flexibility index (Phi) is 5.77. The zero-order chi connectivity index (χ0) is 16.9. The molecule has 0 radical (unpaired) electrons. The first-order valence-electron chi connectivity index (χ1n) is 9.31. The lowest BCUT2D eigenvalue weighted by molar-refractivity contribution is -0.133. The van der Waals surface area contributed by atoms with E-state index in [4.69, 9.17) is 4.74 Å². The molecule has 0 bridgehead atoms. The summed E-state index contributed by atoms with van der Waals surface area (Å²) < 4.78 is 5.18. The fourth-order valence-electron chi connectivity index (χ4n) is 4.30. The third-order valence-electron chi connectivity index (χ3n) is 5.66. The number of carbonyl (C=O) groups is 1. The molecule has 1 aromatic carbocycles. The van der Waals surface area contributed by atoms with Crippen molar-refractivity contribution in [3.63, 3.8) is 0 Å². The van der Waals surface area contributed by atoms with Crippen LogP contribution in [0.4, 0.5) is 0 Å². The predicted molar refractivity (Wildman–Crippen MR) is 96.3 cm³/mol. The van der Waals surface area contributed by atoms with Crippen LogP contribution in [0.5, 0.6) is 5.75 Å². The van der Waals surface area contributed by atoms with Gasteiger partial charge in [-0.1, -0.05) is 12.1 Å². The minimum atomic E-state index is 0.353. The zero-order valence-electron chi connectivity index (χ0n) is 15.0. The van der Waals surface area contributed by atoms with E-state index in [9.17, 15) is 4.79 Å². The maximum absolute atomic E-state index is 12.7. The second kappa shape index (κ2) is 8.02. The first-order chi connectivity index (χ1) is 11.7. The van der Waals surface area contributed by atoms with E-state index < -0.39 is 0 Å². The van der Waals surface area contributed by atoms with Gasteiger partial charge in [0.05, 0.1) is 7.11 Å². The van der Waals surface area contributed by atoms with Crippen molar-refractivity contribution in [1.82, 2.24) is 9.80 Å². The van der Waals surface area contributed by atoms with Gasteiger partial charge in [0, 0.05) is 25.0 Å². The highest BCUT2D eigenvalue weighted by molar-refractivity contribution is 5.77. The molecule has 0 N–H and O–H groups in total. The van der Waals surface area contributed by atoms with Gasteiger partial charge >= 0.3 is 0 Å². The van der Waals surface area contributed by atoms with Gasteiger partial charge in [-0.25, -0.2) is 0 Å². The number of likely N-dealkylation sites (tertiary alicyclic amines) is 2. The Morgan fingerprint density at radius 2 is 1.83 bits per heavy atom. The number of likely N-dealkylation sites (N-methyl/N-ethyl adjacent to an activating group) is 1. The Balaban J connectivity index is 1.48. The highest BCUT2D eigenvalue weighted by Crippen LogP contribution is 2.29. The lowest BCUT2D eigenvalue weighted by Crippen LogP contribution is -2.47. The average molecular weight is 330 g/mol. The third-order valence-corrected chi connectivity index (χ3v) is 5.66. The largest absolute Gasteiger partial charge is 0.497 e. The van der Waals surface area contributed by atoms with Gasteiger partial charge in [0.1, 0.15) is 5.75 Å². The van der Waals surface area contributed by atoms with E-state index in [0.29, 0.717) is 24.4 Å². The van der Waals surface area contributed by atoms with Gasteiger partial charge in [-0.15, -0.1) is 0 Å². The monoisotopic (exact) mass is 330 g/mol. The van der Waals surface area contributed by atoms with Crippen LogP contribution in [-0.4, -0.2) is 55.0 Å². The Morgan fingerprint density at radius 1 is 1.12 bits per heavy atom. The van der Waals surface area contributed by atoms with Gasteiger partial charge in [-0.3, -0.25) is 4.79 Å². The standard InChI is InChI=1S/C20H30N2O2/c1-21-14-4-7-18(21)19-8-5-15-22(19)20(23)9-3-6-16-10-12-17(24-2)13-11-16/h10-13,18-19H,3-9,14-15H2,1-2H3/t18-,19-/m0/s1. The number of aryl methyl sites for hydroxylation is 1. The summed E-state index contributed by atoms with van der Waals surface area (Å²) in [6, 6.07) is 9.20. The molecular weight excluding hydrogens is 300 g/mol. The predicted octanol–water partition coefficient (Wildman–Crippen LogP) is 3.10. The fraction of sp³-hybridized carbons (Fsp3) is 0.650. The number of rotatable bonds is 6. The van der Waals surface area contributed by atoms with Gasteiger partial charge in [0.25, 0.3) is 0 Å². The van der Waals surface area contributed by atoms with Crippen molar-refractivity contribution in [3.05, 3.63) is 29.8 Å². The normalized spacial score (nSPS) is 24.5. The number of methoxy groups -OCH3 is 1. The molecule has 0 unspecified atom stereocenters. The molecule has 24 heavy (non-hydrogen) atoms. The van der Waals surface area contributed by atoms with E-state index in [0.717, 1.165) is 25.1 Å². The lowest BCUT2D eigenvalue weighted by atomic mass is 10.0. The quantitative estimate of drug-likeness (QED) is 0.803. The molecule has 0 aromatic heterocycles. The summed E-state index contributed by atoms with van der Waals surface area (Å²) in [5.74, 6) is 1.24. The van der Waals surface area contributed by atoms with E-state index >= 15 is 0 Å². The molecule has 1 aromatic rings. The van der Waals surface area contributed by atoms with Crippen LogP contribution in [0, 0.1) is 0 Å². The number of carbonyl (C=O) groups excluding carboxylic acids is 1. The molecular formula is C20H30N2O2. The first kappa shape index (κ1) is 17.3. The Hall–Kier alpha value is -1.55. The van der Waals surface area contributed by atoms with Crippen molar-refractivity contribution in [1.29, 1.82) is 0 Å². The third kappa shape index (κ3) is 3.92. The molecule has 4 heteroatoms. The highest BCUT2D eigenvalue weighted by Gasteiger charge is 2.37. The van der Waals surface area contributed by atoms with E-state index in [1.165, 1.54) is 37.8 Å². The number of amides is 1. The molecule has 2 saturated heterocycles. The molecule has 2 heterocycles. The maximum atomic E-state index is 12.7. The Bertz CT molecular complexity index is 543. The number of hydrogen-bond acceptors (Lipinski definition) is 3. The van der Waals surface area contributed by atoms with Crippen LogP contribution in [-0.2, 0) is 11.2 Å². The van der Waals surface area contributed by atoms with Crippen LogP contribution in [0.1, 0.15) is 44.1 Å². The van der Waals surface area contributed by atoms with Gasteiger partial charge in [-0.05, 0) is 69.8 Å². The van der Waals surface area contributed by atoms with Crippen molar-refractivity contribution in [2.24, 2.45) is 0 Å². The first-order valence-corrected chi connectivity index (χ1v) is 9.31. The van der Waals surface area contributed by atoms with Gasteiger partial charge in [-0.2, -0.15) is 0 Å². The molecule has 3 rings (SSSR count). The number of benzene rings is 1. The van der Waals surface area contributed by atoms with Crippen molar-refractivity contribution in [2.45, 2.75) is 57.0 Å². The fourth-order valence-corrected chi connectivity index (χ4v) is 4.30. The number of hydrogen-bond donors (Lipinski definition) is 0. The van der Waals surface area contributed by atoms with Crippen LogP contribution in [0.25, 0.3) is 0 Å². The minimum Gasteiger partial charge on any atom is -0.497 e. The SMILES string of the molecule is COc1ccc(CCCC(=O)N2CCC[C@H]2[C@@H]2CCCN2C)cc1. The van der Waals surface area contributed by atoms with Crippen molar-refractivity contribution >= 4 is 5.91 Å². The summed E-state index contributed by atoms with van der Waals surface area (Å²) in [6.45, 7) is 2.14. The summed E-state index contributed by atoms with van der Waals surface area (Å²) in [4.78, 5) is 17.3. The minimum absolute atomic E-state index is 0.353. The van der Waals surface area contributed by atoms with Gasteiger partial charge in [0.2, 0.25) is 5.91 Å². The van der Waals surface area contributed by atoms with Crippen molar-refractivity contribution < 1.29 is 9.53 Å². The Morgan fingerprint density at radius 3 is 2.50 bits per heavy atom. The van der Waals surface area contributed by atoms with E-state index in [-0.39, 0.29) is 0 Å². The number of nitrogens with zero attached hydrogens (tertiary/aromatic N) is 2. The molecule has 2 aliphatic rings. The van der Waals surface area contributed by atoms with Crippen LogP contribution in [0.15, 0.2) is 24.3 Å². The molecule has 132 valence electrons. The van der Waals surface area contributed by atoms with Gasteiger partial charge < -0.3 is 14.5 Å². The van der Waals surface area contributed by atoms with Crippen molar-refractivity contribution in [2.75, 3.05) is 27.2 Å². The molecule has 0 spiro atoms. The van der Waals surface area contributed by atoms with E-state index in [1.54, 1.807) is 7.11 Å². The van der Waals surface area contributed by atoms with Crippen LogP contribution in [0.3, 0.4) is 0 Å². The van der Waals surface area contributed by atoms with Gasteiger partial charge in [0.15, 0.2) is 0 Å². The Labute approximate surface area is 145 Å². The molecule has 0 saturated carbocycles.